The summed E-state index contributed by atoms with van der Waals surface area (Å²) >= 11 is 0. The smallest absolute Gasteiger partial charge is 1.00 e. The molecule has 0 fully saturated rings. The number of hydrogen-bond acceptors (Lipinski definition) is 0. The third-order valence-corrected chi connectivity index (χ3v) is 0.939. The molecule has 0 saturated carbocycles. The van der Waals surface area contributed by atoms with Gasteiger partial charge < -0.3 is 44.1 Å². The SMILES string of the molecule is [C-]1=CC=CC1.[CH2-]CCC.[Cl-].[Cl-].[Cl-].[Ti+3]. The summed E-state index contributed by atoms with van der Waals surface area (Å²) in [5.74, 6) is 0. The summed E-state index contributed by atoms with van der Waals surface area (Å²) < 4.78 is 0. The van der Waals surface area contributed by atoms with Gasteiger partial charge >= 0.3 is 21.7 Å². The van der Waals surface area contributed by atoms with E-state index in [1.807, 2.05) is 12.2 Å². The second-order valence-electron chi connectivity index (χ2n) is 1.86. The molecule has 0 aromatic heterocycles. The zero-order valence-electron chi connectivity index (χ0n) is 7.69. The van der Waals surface area contributed by atoms with Gasteiger partial charge in [-0.1, -0.05) is 13.3 Å². The van der Waals surface area contributed by atoms with Crippen molar-refractivity contribution in [3.63, 3.8) is 0 Å². The summed E-state index contributed by atoms with van der Waals surface area (Å²) in [5, 5.41) is 0. The molecule has 0 heterocycles. The Morgan fingerprint density at radius 2 is 1.77 bits per heavy atom. The number of allylic oxidation sites excluding steroid dienone is 4. The van der Waals surface area contributed by atoms with E-state index in [1.54, 1.807) is 0 Å². The molecule has 1 aliphatic carbocycles. The van der Waals surface area contributed by atoms with E-state index in [0.717, 1.165) is 12.8 Å². The molecule has 0 unspecified atom stereocenters. The Morgan fingerprint density at radius 1 is 1.31 bits per heavy atom. The molecule has 1 rings (SSSR count). The van der Waals surface area contributed by atoms with E-state index in [1.165, 1.54) is 6.42 Å². The van der Waals surface area contributed by atoms with E-state index < -0.39 is 0 Å². The van der Waals surface area contributed by atoms with Crippen LogP contribution in [0.3, 0.4) is 0 Å². The summed E-state index contributed by atoms with van der Waals surface area (Å²) in [7, 11) is 0. The van der Waals surface area contributed by atoms with E-state index in [2.05, 4.69) is 26.0 Å². The maximum atomic E-state index is 3.60. The molecule has 0 atom stereocenters. The minimum Gasteiger partial charge on any atom is -1.00 e. The second kappa shape index (κ2) is 29.2. The molecule has 0 spiro atoms. The van der Waals surface area contributed by atoms with Crippen molar-refractivity contribution in [3.05, 3.63) is 31.2 Å². The van der Waals surface area contributed by atoms with Gasteiger partial charge in [0.25, 0.3) is 0 Å². The monoisotopic (exact) mass is 275 g/mol. The Bertz CT molecular complexity index is 91.0. The Kier molecular flexibility index (Phi) is 65.7. The normalized spacial score (nSPS) is 9.08. The van der Waals surface area contributed by atoms with Gasteiger partial charge in [0.1, 0.15) is 0 Å². The van der Waals surface area contributed by atoms with E-state index in [9.17, 15) is 0 Å². The quantitative estimate of drug-likeness (QED) is 0.330. The standard InChI is InChI=1S/C5H5.C4H9.3ClH.Ti/c1-2-4-5-3-1;1-3-4-2;;;;/h1-3H,4H2;1,3-4H2,2H3;3*1H;/q2*-1;;;;+3/p-3. The second-order valence-corrected chi connectivity index (χ2v) is 1.86. The number of halogens is 3. The van der Waals surface area contributed by atoms with Crippen molar-refractivity contribution in [2.45, 2.75) is 26.2 Å². The molecule has 0 saturated heterocycles. The average molecular weight is 276 g/mol. The van der Waals surface area contributed by atoms with E-state index in [-0.39, 0.29) is 58.9 Å². The maximum Gasteiger partial charge on any atom is 3.00 e. The molecule has 0 amide bonds. The van der Waals surface area contributed by atoms with Crippen molar-refractivity contribution >= 4 is 0 Å². The molecule has 77 valence electrons. The van der Waals surface area contributed by atoms with E-state index >= 15 is 0 Å². The Labute approximate surface area is 116 Å². The van der Waals surface area contributed by atoms with Crippen molar-refractivity contribution in [1.29, 1.82) is 0 Å². The fourth-order valence-electron chi connectivity index (χ4n) is 0.340. The molecule has 1 radical (unpaired) electrons. The van der Waals surface area contributed by atoms with E-state index in [0.29, 0.717) is 0 Å². The van der Waals surface area contributed by atoms with Crippen molar-refractivity contribution < 1.29 is 58.9 Å². The first-order valence-corrected chi connectivity index (χ1v) is 3.42. The summed E-state index contributed by atoms with van der Waals surface area (Å²) in [6.45, 7) is 5.72. The Hall–Kier alpha value is 1.06. The first-order chi connectivity index (χ1) is 4.41. The van der Waals surface area contributed by atoms with Crippen LogP contribution in [0.25, 0.3) is 0 Å². The zero-order chi connectivity index (χ0) is 6.95. The number of rotatable bonds is 1. The largest absolute Gasteiger partial charge is 3.00 e. The minimum atomic E-state index is 0. The molecule has 0 nitrogen and oxygen atoms in total. The Morgan fingerprint density at radius 3 is 1.85 bits per heavy atom. The van der Waals surface area contributed by atoms with Gasteiger partial charge in [0, 0.05) is 0 Å². The van der Waals surface area contributed by atoms with Crippen molar-refractivity contribution in [1.82, 2.24) is 0 Å². The van der Waals surface area contributed by atoms with Crippen LogP contribution < -0.4 is 37.2 Å². The van der Waals surface area contributed by atoms with Crippen LogP contribution in [0.15, 0.2) is 18.2 Å². The van der Waals surface area contributed by atoms with Crippen molar-refractivity contribution in [2.75, 3.05) is 0 Å². The van der Waals surface area contributed by atoms with Crippen LogP contribution in [0.5, 0.6) is 0 Å². The predicted octanol–water partition coefficient (Wildman–Crippen LogP) is -6.06. The van der Waals surface area contributed by atoms with Crippen LogP contribution in [-0.2, 0) is 21.7 Å². The van der Waals surface area contributed by atoms with Gasteiger partial charge in [0.15, 0.2) is 0 Å². The molecule has 0 aromatic rings. The third kappa shape index (κ3) is 32.0. The van der Waals surface area contributed by atoms with Crippen molar-refractivity contribution in [3.8, 4) is 0 Å². The molecule has 0 bridgehead atoms. The van der Waals surface area contributed by atoms with Crippen LogP contribution in [0.1, 0.15) is 26.2 Å². The van der Waals surface area contributed by atoms with Gasteiger partial charge in [-0.25, -0.2) is 12.2 Å². The molecule has 0 aromatic carbocycles. The van der Waals surface area contributed by atoms with Gasteiger partial charge in [-0.2, -0.15) is 12.5 Å². The Balaban J connectivity index is -0.0000000256. The topological polar surface area (TPSA) is 0 Å². The maximum absolute atomic E-state index is 3.60. The summed E-state index contributed by atoms with van der Waals surface area (Å²) in [6, 6.07) is 0. The summed E-state index contributed by atoms with van der Waals surface area (Å²) in [4.78, 5) is 0. The van der Waals surface area contributed by atoms with Gasteiger partial charge in [0.05, 0.1) is 0 Å². The number of hydrogen-bond donors (Lipinski definition) is 0. The van der Waals surface area contributed by atoms with Crippen LogP contribution >= 0.6 is 0 Å². The fraction of sp³-hybridized carbons (Fsp3) is 0.444. The van der Waals surface area contributed by atoms with Crippen molar-refractivity contribution in [2.24, 2.45) is 0 Å². The molecule has 4 heteroatoms. The van der Waals surface area contributed by atoms with Gasteiger partial charge in [-0.05, 0) is 0 Å². The molecule has 0 aliphatic heterocycles. The molecule has 0 N–H and O–H groups in total. The third-order valence-electron chi connectivity index (χ3n) is 0.939. The first kappa shape index (κ1) is 29.2. The molecule has 1 aliphatic rings. The fourth-order valence-corrected chi connectivity index (χ4v) is 0.340. The molecular formula is C9H14Cl3Ti-2. The average Bonchev–Trinajstić information content (AvgIpc) is 2.43. The summed E-state index contributed by atoms with van der Waals surface area (Å²) in [6.07, 6.45) is 12.3. The zero-order valence-corrected chi connectivity index (χ0v) is 11.5. The van der Waals surface area contributed by atoms with Crippen LogP contribution in [0.4, 0.5) is 0 Å². The van der Waals surface area contributed by atoms with Crippen LogP contribution in [-0.4, -0.2) is 0 Å². The van der Waals surface area contributed by atoms with Gasteiger partial charge in [0.2, 0.25) is 0 Å². The summed E-state index contributed by atoms with van der Waals surface area (Å²) in [5.41, 5.74) is 0. The van der Waals surface area contributed by atoms with Crippen LogP contribution in [0, 0.1) is 13.0 Å². The predicted molar refractivity (Wildman–Crippen MR) is 41.8 cm³/mol. The first-order valence-electron chi connectivity index (χ1n) is 3.42. The van der Waals surface area contributed by atoms with E-state index in [4.69, 9.17) is 0 Å². The van der Waals surface area contributed by atoms with Gasteiger partial charge in [-0.15, -0.1) is 6.42 Å². The molecule has 13 heavy (non-hydrogen) atoms. The minimum absolute atomic E-state index is 0. The van der Waals surface area contributed by atoms with Crippen LogP contribution in [0.2, 0.25) is 0 Å². The molecular weight excluding hydrogens is 262 g/mol. The van der Waals surface area contributed by atoms with Gasteiger partial charge in [-0.3, -0.25) is 6.08 Å². The number of unbranched alkanes of at least 4 members (excludes halogenated alkanes) is 1.